The van der Waals surface area contributed by atoms with Crippen LogP contribution < -0.4 is 4.90 Å². The van der Waals surface area contributed by atoms with E-state index in [0.29, 0.717) is 24.2 Å². The van der Waals surface area contributed by atoms with Crippen molar-refractivity contribution in [3.63, 3.8) is 0 Å². The van der Waals surface area contributed by atoms with Crippen molar-refractivity contribution in [2.75, 3.05) is 44.2 Å². The van der Waals surface area contributed by atoms with Crippen LogP contribution in [0, 0.1) is 13.8 Å². The normalized spacial score (nSPS) is 16.3. The van der Waals surface area contributed by atoms with Crippen molar-refractivity contribution in [1.29, 1.82) is 0 Å². The summed E-state index contributed by atoms with van der Waals surface area (Å²) in [5, 5.41) is 4.46. The van der Waals surface area contributed by atoms with Gasteiger partial charge in [-0.15, -0.1) is 0 Å². The predicted octanol–water partition coefficient (Wildman–Crippen LogP) is 3.55. The molecule has 1 saturated heterocycles. The van der Waals surface area contributed by atoms with Gasteiger partial charge in [-0.25, -0.2) is 0 Å². The lowest BCUT2D eigenvalue weighted by Gasteiger charge is -2.36. The first-order valence-corrected chi connectivity index (χ1v) is 12.5. The van der Waals surface area contributed by atoms with Crippen molar-refractivity contribution in [3.05, 3.63) is 82.7 Å². The number of amides is 2. The van der Waals surface area contributed by atoms with E-state index in [4.69, 9.17) is 0 Å². The number of imide groups is 1. The van der Waals surface area contributed by atoms with Crippen molar-refractivity contribution in [2.24, 2.45) is 0 Å². The number of benzene rings is 2. The van der Waals surface area contributed by atoms with E-state index in [0.717, 1.165) is 62.6 Å². The maximum atomic E-state index is 13.4. The van der Waals surface area contributed by atoms with E-state index in [1.165, 1.54) is 10.5 Å². The standard InChI is InChI=1S/C28H33N5O2/c1-21-20-22(2)33(29-21)19-18-32-27(34)24-11-6-12-25(26(24)28(32)35)31-16-14-30(15-17-31)13-7-10-23-8-4-3-5-9-23/h3-6,8-9,11-12,20H,7,10,13-19H2,1-2H3. The second-order valence-electron chi connectivity index (χ2n) is 9.53. The van der Waals surface area contributed by atoms with Crippen LogP contribution in [-0.4, -0.2) is 70.7 Å². The van der Waals surface area contributed by atoms with E-state index in [1.54, 1.807) is 6.07 Å². The Kier molecular flexibility index (Phi) is 6.68. The van der Waals surface area contributed by atoms with Crippen LogP contribution in [0.3, 0.4) is 0 Å². The zero-order valence-electron chi connectivity index (χ0n) is 20.6. The maximum Gasteiger partial charge on any atom is 0.263 e. The molecule has 2 amide bonds. The Labute approximate surface area is 206 Å². The smallest absolute Gasteiger partial charge is 0.263 e. The molecule has 182 valence electrons. The van der Waals surface area contributed by atoms with Gasteiger partial charge >= 0.3 is 0 Å². The average molecular weight is 472 g/mol. The predicted molar refractivity (Wildman–Crippen MR) is 137 cm³/mol. The molecule has 3 aromatic rings. The van der Waals surface area contributed by atoms with Crippen LogP contribution >= 0.6 is 0 Å². The number of fused-ring (bicyclic) bond motifs is 1. The van der Waals surface area contributed by atoms with Crippen molar-refractivity contribution in [2.45, 2.75) is 33.2 Å². The lowest BCUT2D eigenvalue weighted by atomic mass is 10.1. The summed E-state index contributed by atoms with van der Waals surface area (Å²) in [5.74, 6) is -0.389. The molecule has 2 aliphatic heterocycles. The molecule has 0 saturated carbocycles. The van der Waals surface area contributed by atoms with Crippen LogP contribution in [0.1, 0.15) is 44.1 Å². The molecule has 0 spiro atoms. The monoisotopic (exact) mass is 471 g/mol. The second kappa shape index (κ2) is 10.0. The summed E-state index contributed by atoms with van der Waals surface area (Å²) in [6, 6.07) is 18.3. The molecule has 7 heteroatoms. The average Bonchev–Trinajstić information content (AvgIpc) is 3.33. The summed E-state index contributed by atoms with van der Waals surface area (Å²) >= 11 is 0. The summed E-state index contributed by atoms with van der Waals surface area (Å²) in [7, 11) is 0. The molecule has 2 aliphatic rings. The number of carbonyl (C=O) groups excluding carboxylic acids is 2. The van der Waals surface area contributed by atoms with Gasteiger partial charge in [0, 0.05) is 38.4 Å². The zero-order chi connectivity index (χ0) is 24.4. The molecule has 3 heterocycles. The molecular weight excluding hydrogens is 438 g/mol. The van der Waals surface area contributed by atoms with Gasteiger partial charge in [0.15, 0.2) is 0 Å². The summed E-state index contributed by atoms with van der Waals surface area (Å²) in [5.41, 5.74) is 5.32. The molecule has 7 nitrogen and oxygen atoms in total. The minimum absolute atomic E-state index is 0.188. The topological polar surface area (TPSA) is 61.7 Å². The summed E-state index contributed by atoms with van der Waals surface area (Å²) < 4.78 is 1.86. The van der Waals surface area contributed by atoms with Crippen molar-refractivity contribution in [1.82, 2.24) is 19.6 Å². The summed E-state index contributed by atoms with van der Waals surface area (Å²) in [4.78, 5) is 32.6. The lowest BCUT2D eigenvalue weighted by Crippen LogP contribution is -2.47. The molecule has 1 aromatic heterocycles. The third-order valence-electron chi connectivity index (χ3n) is 7.11. The Morgan fingerprint density at radius 2 is 1.60 bits per heavy atom. The zero-order valence-corrected chi connectivity index (χ0v) is 20.6. The number of piperazine rings is 1. The molecular formula is C28H33N5O2. The molecule has 0 aliphatic carbocycles. The third-order valence-corrected chi connectivity index (χ3v) is 7.11. The summed E-state index contributed by atoms with van der Waals surface area (Å²) in [6.45, 7) is 9.47. The van der Waals surface area contributed by atoms with Gasteiger partial charge in [0.2, 0.25) is 0 Å². The molecule has 5 rings (SSSR count). The van der Waals surface area contributed by atoms with Gasteiger partial charge in [0.25, 0.3) is 11.8 Å². The highest BCUT2D eigenvalue weighted by molar-refractivity contribution is 6.23. The van der Waals surface area contributed by atoms with Gasteiger partial charge in [-0.3, -0.25) is 24.1 Å². The van der Waals surface area contributed by atoms with Crippen molar-refractivity contribution in [3.8, 4) is 0 Å². The highest BCUT2D eigenvalue weighted by Gasteiger charge is 2.38. The Balaban J connectivity index is 1.20. The van der Waals surface area contributed by atoms with Gasteiger partial charge in [-0.05, 0) is 57.0 Å². The van der Waals surface area contributed by atoms with E-state index in [-0.39, 0.29) is 11.8 Å². The molecule has 0 atom stereocenters. The number of rotatable bonds is 8. The first-order chi connectivity index (χ1) is 17.0. The molecule has 1 fully saturated rings. The maximum absolute atomic E-state index is 13.4. The SMILES string of the molecule is Cc1cc(C)n(CCN2C(=O)c3cccc(N4CCN(CCCc5ccccc5)CC4)c3C2=O)n1. The fraction of sp³-hybridized carbons (Fsp3) is 0.393. The molecule has 0 bridgehead atoms. The highest BCUT2D eigenvalue weighted by atomic mass is 16.2. The van der Waals surface area contributed by atoms with Gasteiger partial charge in [0.1, 0.15) is 0 Å². The minimum Gasteiger partial charge on any atom is -0.368 e. The summed E-state index contributed by atoms with van der Waals surface area (Å²) in [6.07, 6.45) is 2.24. The number of aromatic nitrogens is 2. The number of aryl methyl sites for hydroxylation is 3. The van der Waals surface area contributed by atoms with Gasteiger partial charge in [0.05, 0.1) is 29.1 Å². The fourth-order valence-electron chi connectivity index (χ4n) is 5.24. The van der Waals surface area contributed by atoms with E-state index >= 15 is 0 Å². The first-order valence-electron chi connectivity index (χ1n) is 12.5. The Morgan fingerprint density at radius 1 is 0.829 bits per heavy atom. The number of carbonyl (C=O) groups is 2. The van der Waals surface area contributed by atoms with Gasteiger partial charge in [-0.1, -0.05) is 36.4 Å². The van der Waals surface area contributed by atoms with Crippen molar-refractivity contribution < 1.29 is 9.59 Å². The van der Waals surface area contributed by atoms with Crippen LogP contribution in [-0.2, 0) is 13.0 Å². The number of nitrogens with zero attached hydrogens (tertiary/aromatic N) is 5. The van der Waals surface area contributed by atoms with Gasteiger partial charge < -0.3 is 4.90 Å². The van der Waals surface area contributed by atoms with E-state index in [9.17, 15) is 9.59 Å². The van der Waals surface area contributed by atoms with Crippen LogP contribution in [0.15, 0.2) is 54.6 Å². The van der Waals surface area contributed by atoms with Crippen molar-refractivity contribution >= 4 is 17.5 Å². The molecule has 35 heavy (non-hydrogen) atoms. The lowest BCUT2D eigenvalue weighted by molar-refractivity contribution is 0.0647. The molecule has 2 aromatic carbocycles. The van der Waals surface area contributed by atoms with Gasteiger partial charge in [-0.2, -0.15) is 5.10 Å². The van der Waals surface area contributed by atoms with Crippen LogP contribution in [0.25, 0.3) is 0 Å². The molecule has 0 unspecified atom stereocenters. The van der Waals surface area contributed by atoms with E-state index in [1.807, 2.05) is 36.7 Å². The Morgan fingerprint density at radius 3 is 2.31 bits per heavy atom. The largest absolute Gasteiger partial charge is 0.368 e. The van der Waals surface area contributed by atoms with Crippen LogP contribution in [0.2, 0.25) is 0 Å². The second-order valence-corrected chi connectivity index (χ2v) is 9.53. The molecule has 0 radical (unpaired) electrons. The van der Waals surface area contributed by atoms with E-state index < -0.39 is 0 Å². The van der Waals surface area contributed by atoms with Crippen LogP contribution in [0.5, 0.6) is 0 Å². The molecule has 0 N–H and O–H groups in total. The quantitative estimate of drug-likeness (QED) is 0.470. The van der Waals surface area contributed by atoms with Crippen LogP contribution in [0.4, 0.5) is 5.69 Å². The number of hydrogen-bond donors (Lipinski definition) is 0. The third kappa shape index (κ3) is 4.86. The first kappa shape index (κ1) is 23.3. The Bertz CT molecular complexity index is 1210. The number of hydrogen-bond acceptors (Lipinski definition) is 5. The fourth-order valence-corrected chi connectivity index (χ4v) is 5.24. The van der Waals surface area contributed by atoms with E-state index in [2.05, 4.69) is 45.2 Å². The minimum atomic E-state index is -0.201. The Hall–Kier alpha value is -3.45. The number of anilines is 1. The highest BCUT2D eigenvalue weighted by Crippen LogP contribution is 2.32.